The van der Waals surface area contributed by atoms with E-state index in [0.717, 1.165) is 69.3 Å². The van der Waals surface area contributed by atoms with E-state index in [1.807, 2.05) is 55.5 Å². The summed E-state index contributed by atoms with van der Waals surface area (Å²) in [6, 6.07) is 18.5. The molecule has 7 rings (SSSR count). The second-order valence-corrected chi connectivity index (χ2v) is 19.3. The quantitative estimate of drug-likeness (QED) is 0.0250. The van der Waals surface area contributed by atoms with Gasteiger partial charge in [-0.05, 0) is 87.2 Å². The van der Waals surface area contributed by atoms with Crippen molar-refractivity contribution in [2.45, 2.75) is 109 Å². The van der Waals surface area contributed by atoms with Crippen LogP contribution in [-0.4, -0.2) is 109 Å². The number of ether oxygens (including phenoxy) is 5. The van der Waals surface area contributed by atoms with Crippen LogP contribution in [0, 0.1) is 17.6 Å². The molecule has 2 saturated heterocycles. The molecular formula is C49H63F2N8O12P. The molecule has 3 aromatic carbocycles. The minimum Gasteiger partial charge on any atom is -0.493 e. The van der Waals surface area contributed by atoms with E-state index in [2.05, 4.69) is 29.5 Å². The largest absolute Gasteiger partial charge is 0.511 e. The Morgan fingerprint density at radius 3 is 2.14 bits per heavy atom. The lowest BCUT2D eigenvalue weighted by atomic mass is 9.87. The van der Waals surface area contributed by atoms with Crippen LogP contribution in [0.3, 0.4) is 0 Å². The van der Waals surface area contributed by atoms with Crippen LogP contribution in [0.1, 0.15) is 90.2 Å². The van der Waals surface area contributed by atoms with Gasteiger partial charge < -0.3 is 43.3 Å². The normalized spacial score (nSPS) is 18.4. The Morgan fingerprint density at radius 2 is 1.50 bits per heavy atom. The summed E-state index contributed by atoms with van der Waals surface area (Å²) < 4.78 is 76.6. The maximum Gasteiger partial charge on any atom is 0.511 e. The first-order valence-corrected chi connectivity index (χ1v) is 25.8. The van der Waals surface area contributed by atoms with Gasteiger partial charge in [0.05, 0.1) is 38.1 Å². The zero-order valence-corrected chi connectivity index (χ0v) is 41.6. The summed E-state index contributed by atoms with van der Waals surface area (Å²) in [6.07, 6.45) is 6.53. The summed E-state index contributed by atoms with van der Waals surface area (Å²) >= 11 is 0. The highest BCUT2D eigenvalue weighted by atomic mass is 31.2. The standard InChI is InChI=1S/C49H63F2N8O12P/c1-4-45(35(2)69-48(62)71-36(3)70-46(60)11-9-7-5-6-8-10-26-68-72(63,64)65)59-47(61)58(34-54-59)41-15-13-39(14-16-41)55-22-24-56(25-23-55)40-17-19-42(20-18-40)66-29-37-28-49(67-30-37,31-57-33-52-32-53-57)43-21-12-38(50)27-44(43)51/h12-21,27,32-37,45H,4-11,22-26,28-31H2,1-3H3,(H2,63,64,65)/t35-,36?,37+,45-,49-/m0/s1. The number of unbranched alkanes of at least 4 members (excludes halogenated alkanes) is 5. The molecule has 20 nitrogen and oxygen atoms in total. The second-order valence-electron chi connectivity index (χ2n) is 18.0. The van der Waals surface area contributed by atoms with Gasteiger partial charge in [0.25, 0.3) is 0 Å². The maximum absolute atomic E-state index is 15.1. The lowest BCUT2D eigenvalue weighted by molar-refractivity contribution is -0.169. The van der Waals surface area contributed by atoms with Gasteiger partial charge in [-0.3, -0.25) is 9.32 Å². The summed E-state index contributed by atoms with van der Waals surface area (Å²) in [7, 11) is -4.44. The van der Waals surface area contributed by atoms with E-state index in [0.29, 0.717) is 50.3 Å². The predicted molar refractivity (Wildman–Crippen MR) is 259 cm³/mol. The van der Waals surface area contributed by atoms with Gasteiger partial charge in [-0.15, -0.1) is 0 Å². The fraction of sp³-hybridized carbons (Fsp3) is 0.510. The number of nitrogens with zero attached hydrogens (tertiary/aromatic N) is 8. The zero-order valence-electron chi connectivity index (χ0n) is 40.7. The molecule has 2 aliphatic rings. The average Bonchev–Trinajstić information content (AvgIpc) is 4.11. The Kier molecular flexibility index (Phi) is 18.6. The molecule has 0 aliphatic carbocycles. The topological polar surface area (TPSA) is 224 Å². The number of phosphoric ester groups is 1. The van der Waals surface area contributed by atoms with Crippen LogP contribution in [0.2, 0.25) is 0 Å². The molecule has 0 saturated carbocycles. The van der Waals surface area contributed by atoms with Crippen molar-refractivity contribution in [2.75, 3.05) is 55.8 Å². The molecule has 2 aliphatic heterocycles. The minimum absolute atomic E-state index is 0.0132. The third-order valence-electron chi connectivity index (χ3n) is 12.8. The lowest BCUT2D eigenvalue weighted by Gasteiger charge is -2.37. The highest BCUT2D eigenvalue weighted by Gasteiger charge is 2.45. The van der Waals surface area contributed by atoms with Crippen LogP contribution in [0.4, 0.5) is 25.0 Å². The maximum atomic E-state index is 15.1. The first-order chi connectivity index (χ1) is 34.6. The molecule has 4 heterocycles. The van der Waals surface area contributed by atoms with Crippen molar-refractivity contribution in [1.82, 2.24) is 29.1 Å². The van der Waals surface area contributed by atoms with Crippen LogP contribution in [0.25, 0.3) is 5.69 Å². The van der Waals surface area contributed by atoms with Crippen molar-refractivity contribution >= 4 is 31.3 Å². The third-order valence-corrected chi connectivity index (χ3v) is 13.3. The second kappa shape index (κ2) is 25.0. The number of anilines is 2. The van der Waals surface area contributed by atoms with Crippen LogP contribution >= 0.6 is 7.82 Å². The fourth-order valence-corrected chi connectivity index (χ4v) is 9.52. The van der Waals surface area contributed by atoms with Crippen molar-refractivity contribution in [3.05, 3.63) is 113 Å². The molecule has 72 heavy (non-hydrogen) atoms. The van der Waals surface area contributed by atoms with Crippen LogP contribution in [-0.2, 0) is 45.0 Å². The van der Waals surface area contributed by atoms with Gasteiger partial charge in [0.15, 0.2) is 0 Å². The number of benzene rings is 3. The summed E-state index contributed by atoms with van der Waals surface area (Å²) in [5.41, 5.74) is 1.51. The number of rotatable bonds is 25. The van der Waals surface area contributed by atoms with E-state index < -0.39 is 61.3 Å². The van der Waals surface area contributed by atoms with Crippen LogP contribution in [0.15, 0.2) is 90.5 Å². The number of piperazine rings is 1. The Labute approximate surface area is 416 Å². The molecule has 2 N–H and O–H groups in total. The molecule has 5 atom stereocenters. The van der Waals surface area contributed by atoms with Gasteiger partial charge in [-0.2, -0.15) is 10.2 Å². The molecule has 23 heteroatoms. The molecule has 5 aromatic rings. The smallest absolute Gasteiger partial charge is 0.493 e. The number of esters is 1. The first kappa shape index (κ1) is 53.6. The molecule has 1 unspecified atom stereocenters. The van der Waals surface area contributed by atoms with E-state index in [1.165, 1.54) is 41.0 Å². The fourth-order valence-electron chi connectivity index (χ4n) is 9.15. The molecule has 0 radical (unpaired) electrons. The molecule has 2 aromatic heterocycles. The number of hydrogen-bond donors (Lipinski definition) is 2. The summed E-state index contributed by atoms with van der Waals surface area (Å²) in [5.74, 6) is -1.21. The van der Waals surface area contributed by atoms with Gasteiger partial charge in [0, 0.05) is 68.4 Å². The summed E-state index contributed by atoms with van der Waals surface area (Å²) in [6.45, 7) is 8.89. The molecular weight excluding hydrogens is 962 g/mol. The molecule has 0 spiro atoms. The highest BCUT2D eigenvalue weighted by Crippen LogP contribution is 2.42. The van der Waals surface area contributed by atoms with Crippen molar-refractivity contribution in [2.24, 2.45) is 5.92 Å². The van der Waals surface area contributed by atoms with Gasteiger partial charge in [-0.25, -0.2) is 41.8 Å². The Morgan fingerprint density at radius 1 is 0.847 bits per heavy atom. The monoisotopic (exact) mass is 1020 g/mol. The van der Waals surface area contributed by atoms with E-state index in [-0.39, 0.29) is 31.1 Å². The zero-order chi connectivity index (χ0) is 51.3. The summed E-state index contributed by atoms with van der Waals surface area (Å²) in [4.78, 5) is 64.6. The third kappa shape index (κ3) is 14.7. The number of aromatic nitrogens is 6. The van der Waals surface area contributed by atoms with E-state index >= 15 is 4.39 Å². The average molecular weight is 1030 g/mol. The van der Waals surface area contributed by atoms with Crippen LogP contribution in [0.5, 0.6) is 5.75 Å². The van der Waals surface area contributed by atoms with Crippen molar-refractivity contribution in [3.63, 3.8) is 0 Å². The van der Waals surface area contributed by atoms with Crippen molar-refractivity contribution < 1.29 is 60.9 Å². The highest BCUT2D eigenvalue weighted by molar-refractivity contribution is 7.46. The number of phosphoric acid groups is 1. The van der Waals surface area contributed by atoms with Gasteiger partial charge in [0.1, 0.15) is 48.1 Å². The SMILES string of the molecule is CC[C@@H]([C@H](C)OC(=O)OC(C)OC(=O)CCCCCCCCOP(=O)(O)O)n1ncn(-c2ccc(N3CCN(c4ccc(OC[C@@H]5CO[C@@](Cn6cncn6)(c6ccc(F)cc6F)C5)cc4)CC3)cc2)c1=O. The van der Waals surface area contributed by atoms with Gasteiger partial charge >= 0.3 is 25.6 Å². The number of carbonyl (C=O) groups excluding carboxylic acids is 2. The Balaban J connectivity index is 0.822. The number of hydrogen-bond acceptors (Lipinski definition) is 15. The van der Waals surface area contributed by atoms with Gasteiger partial charge in [-0.1, -0.05) is 38.7 Å². The van der Waals surface area contributed by atoms with Gasteiger partial charge in [0.2, 0.25) is 6.29 Å². The van der Waals surface area contributed by atoms with E-state index in [4.69, 9.17) is 33.5 Å². The minimum atomic E-state index is -4.44. The molecule has 0 amide bonds. The van der Waals surface area contributed by atoms with Crippen molar-refractivity contribution in [1.29, 1.82) is 0 Å². The van der Waals surface area contributed by atoms with E-state index in [1.54, 1.807) is 17.9 Å². The molecule has 0 bridgehead atoms. The van der Waals surface area contributed by atoms with Crippen molar-refractivity contribution in [3.8, 4) is 11.4 Å². The lowest BCUT2D eigenvalue weighted by Crippen LogP contribution is -2.46. The Bertz CT molecular complexity index is 2630. The molecule has 2 fully saturated rings. The number of carbonyl (C=O) groups is 2. The predicted octanol–water partition coefficient (Wildman–Crippen LogP) is 7.46. The van der Waals surface area contributed by atoms with E-state index in [9.17, 15) is 23.3 Å². The number of halogens is 2. The first-order valence-electron chi connectivity index (χ1n) is 24.3. The van der Waals surface area contributed by atoms with Crippen LogP contribution < -0.4 is 20.2 Å². The summed E-state index contributed by atoms with van der Waals surface area (Å²) in [5, 5.41) is 8.54. The molecule has 390 valence electrons. The Hall–Kier alpha value is -6.19.